The summed E-state index contributed by atoms with van der Waals surface area (Å²) >= 11 is 0. The average molecular weight is 950 g/mol. The summed E-state index contributed by atoms with van der Waals surface area (Å²) < 4.78 is 49.5. The Labute approximate surface area is 397 Å². The van der Waals surface area contributed by atoms with Gasteiger partial charge in [0.05, 0.1) is 43.0 Å². The number of cyclic esters (lactones) is 1. The van der Waals surface area contributed by atoms with Crippen molar-refractivity contribution in [1.82, 2.24) is 14.8 Å². The second-order valence-corrected chi connectivity index (χ2v) is 19.2. The number of aliphatic hydroxyl groups excluding tert-OH is 2. The summed E-state index contributed by atoms with van der Waals surface area (Å²) in [6.45, 7) is 15.0. The number of aromatic nitrogens is 1. The van der Waals surface area contributed by atoms with Crippen molar-refractivity contribution in [1.29, 1.82) is 0 Å². The molecule has 1 aromatic rings. The summed E-state index contributed by atoms with van der Waals surface area (Å²) in [6, 6.07) is 3.16. The zero-order valence-corrected chi connectivity index (χ0v) is 41.6. The van der Waals surface area contributed by atoms with Gasteiger partial charge in [-0.1, -0.05) is 20.8 Å². The van der Waals surface area contributed by atoms with E-state index in [1.165, 1.54) is 14.0 Å². The van der Waals surface area contributed by atoms with E-state index in [4.69, 9.17) is 37.9 Å². The fraction of sp³-hybridized carbons (Fsp3) is 0.796. The summed E-state index contributed by atoms with van der Waals surface area (Å²) in [5.41, 5.74) is -0.175. The molecule has 0 aromatic carbocycles. The van der Waals surface area contributed by atoms with E-state index >= 15 is 0 Å². The first-order valence-corrected chi connectivity index (χ1v) is 24.1. The Balaban J connectivity index is 1.73. The number of esters is 4. The number of hydrogen-bond donors (Lipinski definition) is 2. The fourth-order valence-electron chi connectivity index (χ4n) is 10.2. The number of pyridine rings is 1. The summed E-state index contributed by atoms with van der Waals surface area (Å²) in [4.78, 5) is 72.7. The van der Waals surface area contributed by atoms with E-state index in [1.807, 2.05) is 19.1 Å². The fourth-order valence-corrected chi connectivity index (χ4v) is 10.2. The number of ether oxygens (including phenoxy) is 8. The lowest BCUT2D eigenvalue weighted by Gasteiger charge is -2.53. The molecule has 4 heterocycles. The first kappa shape index (κ1) is 56.0. The lowest BCUT2D eigenvalue weighted by Crippen LogP contribution is -2.67. The second-order valence-electron chi connectivity index (χ2n) is 19.2. The molecule has 0 bridgehead atoms. The van der Waals surface area contributed by atoms with Gasteiger partial charge in [-0.05, 0) is 104 Å². The van der Waals surface area contributed by atoms with Gasteiger partial charge >= 0.3 is 23.9 Å². The van der Waals surface area contributed by atoms with Crippen LogP contribution >= 0.6 is 0 Å². The molecule has 3 aliphatic rings. The van der Waals surface area contributed by atoms with Crippen molar-refractivity contribution >= 4 is 30.2 Å². The van der Waals surface area contributed by atoms with Crippen LogP contribution in [0.4, 0.5) is 0 Å². The predicted molar refractivity (Wildman–Crippen MR) is 244 cm³/mol. The van der Waals surface area contributed by atoms with Gasteiger partial charge in [0.2, 0.25) is 0 Å². The third-order valence-electron chi connectivity index (χ3n) is 13.6. The van der Waals surface area contributed by atoms with Crippen LogP contribution < -0.4 is 0 Å². The predicted octanol–water partition coefficient (Wildman–Crippen LogP) is 3.83. The standard InChI is InChI=1S/C49H79N3O15/c1-12-38(56)64-37-26-40(58)61-30(4)18-23-52(22-14-15-34-16-20-50-21-17-34)28-36(55)29(3)25-35(19-24-53)42(46(37)60-11)47-44(59)43(51(9)10)45(31(5)63-47)66-41-27-49(8,67-33(7)54)48(32(6)62-41)65-39(57)13-2/h16-17,20-21,24,29-32,35-37,41-48,55,59H,12-15,18-19,22-23,25-28H2,1-11H3/t29-,30-,31-,32+,35+,36+,37-,41-,42+,43-,44-,45-,46-,47+,48+,49-/m1/s1. The number of aryl methyl sites for hydroxylation is 1. The molecule has 3 aliphatic heterocycles. The molecule has 0 aliphatic carbocycles. The Morgan fingerprint density at radius 1 is 1.00 bits per heavy atom. The van der Waals surface area contributed by atoms with E-state index in [1.54, 1.807) is 72.9 Å². The lowest BCUT2D eigenvalue weighted by atomic mass is 9.71. The molecule has 3 fully saturated rings. The van der Waals surface area contributed by atoms with Crippen LogP contribution in [0.1, 0.15) is 112 Å². The molecular formula is C49H79N3O15. The van der Waals surface area contributed by atoms with Gasteiger partial charge in [-0.25, -0.2) is 0 Å². The molecule has 0 amide bonds. The van der Waals surface area contributed by atoms with Crippen molar-refractivity contribution in [2.45, 2.75) is 192 Å². The Bertz CT molecular complexity index is 1720. The summed E-state index contributed by atoms with van der Waals surface area (Å²) in [5, 5.41) is 24.6. The van der Waals surface area contributed by atoms with Crippen LogP contribution in [0.15, 0.2) is 24.5 Å². The Kier molecular flexibility index (Phi) is 22.0. The van der Waals surface area contributed by atoms with Gasteiger partial charge < -0.3 is 62.7 Å². The molecule has 2 N–H and O–H groups in total. The number of carbonyl (C=O) groups is 5. The second kappa shape index (κ2) is 26.4. The maximum Gasteiger partial charge on any atom is 0.309 e. The summed E-state index contributed by atoms with van der Waals surface area (Å²) in [6.07, 6.45) is -4.06. The van der Waals surface area contributed by atoms with Gasteiger partial charge in [-0.15, -0.1) is 0 Å². The number of methoxy groups -OCH3 is 1. The highest BCUT2D eigenvalue weighted by Gasteiger charge is 2.56. The van der Waals surface area contributed by atoms with Crippen LogP contribution in [0.25, 0.3) is 0 Å². The van der Waals surface area contributed by atoms with Crippen molar-refractivity contribution in [2.75, 3.05) is 40.8 Å². The van der Waals surface area contributed by atoms with Gasteiger partial charge in [0.25, 0.3) is 0 Å². The number of carbonyl (C=O) groups excluding carboxylic acids is 5. The monoisotopic (exact) mass is 950 g/mol. The molecule has 67 heavy (non-hydrogen) atoms. The minimum atomic E-state index is -1.35. The Morgan fingerprint density at radius 3 is 2.28 bits per heavy atom. The lowest BCUT2D eigenvalue weighted by molar-refractivity contribution is -0.319. The molecule has 16 atom stereocenters. The van der Waals surface area contributed by atoms with Crippen LogP contribution in [-0.4, -0.2) is 175 Å². The quantitative estimate of drug-likeness (QED) is 0.137. The first-order chi connectivity index (χ1) is 31.7. The zero-order chi connectivity index (χ0) is 49.6. The van der Waals surface area contributed by atoms with Crippen LogP contribution in [0.2, 0.25) is 0 Å². The van der Waals surface area contributed by atoms with E-state index < -0.39 is 115 Å². The van der Waals surface area contributed by atoms with Gasteiger partial charge in [0.1, 0.15) is 30.7 Å². The van der Waals surface area contributed by atoms with Gasteiger partial charge in [-0.3, -0.25) is 24.2 Å². The zero-order valence-electron chi connectivity index (χ0n) is 41.6. The highest BCUT2D eigenvalue weighted by molar-refractivity contribution is 5.73. The van der Waals surface area contributed by atoms with E-state index in [2.05, 4.69) is 9.88 Å². The van der Waals surface area contributed by atoms with Crippen LogP contribution in [0.5, 0.6) is 0 Å². The van der Waals surface area contributed by atoms with E-state index in [0.717, 1.165) is 24.7 Å². The largest absolute Gasteiger partial charge is 0.463 e. The maximum absolute atomic E-state index is 13.8. The number of aliphatic hydroxyl groups is 2. The third-order valence-corrected chi connectivity index (χ3v) is 13.6. The van der Waals surface area contributed by atoms with Crippen molar-refractivity contribution in [3.05, 3.63) is 30.1 Å². The molecular weight excluding hydrogens is 871 g/mol. The van der Waals surface area contributed by atoms with Crippen molar-refractivity contribution < 1.29 is 72.1 Å². The molecule has 1 aromatic heterocycles. The molecule has 380 valence electrons. The first-order valence-electron chi connectivity index (χ1n) is 24.1. The number of hydrogen-bond acceptors (Lipinski definition) is 18. The SMILES string of the molecule is CCC(=O)O[C@@H]1CC(=O)O[C@H](C)CCN(CCCc2ccncc2)C[C@H](O)[C@H](C)C[C@H](CC=O)[C@H]([C@@H]2O[C@H](C)[C@@H](O[C@@H]3C[C@@](C)(OC(C)=O)[C@@H](OC(=O)CC)[C@H](C)O3)[C@H](N(C)C)[C@H]2O)[C@@H]1OC. The number of aldehydes is 1. The maximum atomic E-state index is 13.8. The molecule has 0 saturated carbocycles. The van der Waals surface area contributed by atoms with Crippen LogP contribution in [-0.2, 0) is 68.3 Å². The molecule has 4 rings (SSSR count). The number of nitrogens with zero attached hydrogens (tertiary/aromatic N) is 3. The van der Waals surface area contributed by atoms with E-state index in [0.29, 0.717) is 26.1 Å². The average Bonchev–Trinajstić information content (AvgIpc) is 3.26. The topological polar surface area (TPSA) is 219 Å². The highest BCUT2D eigenvalue weighted by Crippen LogP contribution is 2.43. The smallest absolute Gasteiger partial charge is 0.309 e. The minimum Gasteiger partial charge on any atom is -0.463 e. The molecule has 18 nitrogen and oxygen atoms in total. The normalized spacial score (nSPS) is 36.2. The van der Waals surface area contributed by atoms with Crippen molar-refractivity contribution in [3.8, 4) is 0 Å². The summed E-state index contributed by atoms with van der Waals surface area (Å²) in [7, 11) is 4.99. The molecule has 0 radical (unpaired) electrons. The molecule has 0 spiro atoms. The van der Waals surface area contributed by atoms with Crippen molar-refractivity contribution in [2.24, 2.45) is 17.8 Å². The molecule has 3 saturated heterocycles. The van der Waals surface area contributed by atoms with Crippen LogP contribution in [0, 0.1) is 17.8 Å². The number of rotatable bonds is 16. The summed E-state index contributed by atoms with van der Waals surface area (Å²) in [5.74, 6) is -4.17. The third kappa shape index (κ3) is 15.7. The molecule has 0 unspecified atom stereocenters. The van der Waals surface area contributed by atoms with E-state index in [-0.39, 0.29) is 44.4 Å². The number of β-amino-alcohol motifs (C(OH)–C–C–N with tert-alkyl or cyclic N) is 1. The van der Waals surface area contributed by atoms with E-state index in [9.17, 15) is 34.2 Å². The minimum absolute atomic E-state index is 0.00247. The van der Waals surface area contributed by atoms with Gasteiger partial charge in [-0.2, -0.15) is 0 Å². The van der Waals surface area contributed by atoms with Gasteiger partial charge in [0, 0.05) is 71.1 Å². The van der Waals surface area contributed by atoms with Crippen molar-refractivity contribution in [3.63, 3.8) is 0 Å². The number of likely N-dealkylation sites (N-methyl/N-ethyl adjacent to an activating group) is 1. The molecule has 18 heteroatoms. The van der Waals surface area contributed by atoms with Crippen LogP contribution in [0.3, 0.4) is 0 Å². The Hall–Kier alpha value is -3.62. The highest BCUT2D eigenvalue weighted by atomic mass is 16.7. The Morgan fingerprint density at radius 2 is 1.67 bits per heavy atom. The van der Waals surface area contributed by atoms with Gasteiger partial charge in [0.15, 0.2) is 18.0 Å².